The maximum absolute atomic E-state index is 16.1. The van der Waals surface area contributed by atoms with E-state index in [-0.39, 0.29) is 23.8 Å². The SMILES string of the molecule is COC(=O)N[C@H](C(=O)N1CCCC1c1nc2ccc(-c3csc4c(-c5ccc(-c6cnc(C7C=CCN7C(=O)[C@H](NC(=O)OC)c7ccccc7)[nH]6)c(F)c5)csc34)cc2[nH]1)C(C)C. The third-order valence-electron chi connectivity index (χ3n) is 11.9. The fourth-order valence-electron chi connectivity index (χ4n) is 8.55. The molecule has 14 nitrogen and oxygen atoms in total. The summed E-state index contributed by atoms with van der Waals surface area (Å²) < 4.78 is 27.8. The van der Waals surface area contributed by atoms with E-state index in [0.717, 1.165) is 55.5 Å². The number of aromatic amines is 2. The molecule has 1 fully saturated rings. The maximum atomic E-state index is 16.1. The lowest BCUT2D eigenvalue weighted by molar-refractivity contribution is -0.135. The lowest BCUT2D eigenvalue weighted by atomic mass is 10.0. The number of hydrogen-bond donors (Lipinski definition) is 4. The number of halogens is 1. The third kappa shape index (κ3) is 8.00. The number of likely N-dealkylation sites (tertiary alicyclic amines) is 1. The fourth-order valence-corrected chi connectivity index (χ4v) is 11.0. The van der Waals surface area contributed by atoms with Crippen LogP contribution in [0.1, 0.15) is 62.0 Å². The molecule has 4 aromatic heterocycles. The largest absolute Gasteiger partial charge is 0.453 e. The van der Waals surface area contributed by atoms with E-state index in [1.165, 1.54) is 20.3 Å². The van der Waals surface area contributed by atoms with Crippen molar-refractivity contribution in [1.82, 2.24) is 40.4 Å². The van der Waals surface area contributed by atoms with Gasteiger partial charge in [0.2, 0.25) is 5.91 Å². The highest BCUT2D eigenvalue weighted by Gasteiger charge is 2.38. The average Bonchev–Trinajstić information content (AvgIpc) is 4.16. The number of amides is 4. The van der Waals surface area contributed by atoms with Gasteiger partial charge in [-0.2, -0.15) is 0 Å². The Morgan fingerprint density at radius 1 is 0.828 bits per heavy atom. The second kappa shape index (κ2) is 17.7. The van der Waals surface area contributed by atoms with Gasteiger partial charge in [0.05, 0.1) is 52.6 Å². The number of aromatic nitrogens is 4. The van der Waals surface area contributed by atoms with Crippen LogP contribution in [0.3, 0.4) is 0 Å². The number of ether oxygens (including phenoxy) is 2. The number of nitrogens with one attached hydrogen (secondary N) is 4. The first-order valence-electron chi connectivity index (χ1n) is 20.9. The molecule has 0 aliphatic carbocycles. The van der Waals surface area contributed by atoms with E-state index in [1.54, 1.807) is 69.0 Å². The predicted molar refractivity (Wildman–Crippen MR) is 244 cm³/mol. The van der Waals surface area contributed by atoms with Crippen LogP contribution in [-0.4, -0.2) is 87.1 Å². The molecule has 4 amide bonds. The van der Waals surface area contributed by atoms with Crippen LogP contribution >= 0.6 is 22.7 Å². The van der Waals surface area contributed by atoms with Crippen LogP contribution in [0, 0.1) is 11.7 Å². The van der Waals surface area contributed by atoms with Crippen molar-refractivity contribution in [2.75, 3.05) is 27.3 Å². The van der Waals surface area contributed by atoms with E-state index < -0.39 is 36.1 Å². The second-order valence-electron chi connectivity index (χ2n) is 16.1. The summed E-state index contributed by atoms with van der Waals surface area (Å²) in [6, 6.07) is 17.7. The number of rotatable bonds is 11. The van der Waals surface area contributed by atoms with Gasteiger partial charge in [-0.25, -0.2) is 23.9 Å². The molecule has 2 aliphatic heterocycles. The lowest BCUT2D eigenvalue weighted by Gasteiger charge is -2.29. The molecular formula is C47H45FN8O6S2. The molecule has 9 rings (SSSR count). The van der Waals surface area contributed by atoms with Crippen LogP contribution in [0.4, 0.5) is 14.0 Å². The summed E-state index contributed by atoms with van der Waals surface area (Å²) in [5.41, 5.74) is 6.80. The monoisotopic (exact) mass is 900 g/mol. The minimum absolute atomic E-state index is 0.131. The minimum atomic E-state index is -0.983. The van der Waals surface area contributed by atoms with Gasteiger partial charge in [-0.15, -0.1) is 22.7 Å². The number of thiophene rings is 2. The molecule has 6 heterocycles. The summed E-state index contributed by atoms with van der Waals surface area (Å²) >= 11 is 3.21. The van der Waals surface area contributed by atoms with Crippen LogP contribution in [0.2, 0.25) is 0 Å². The molecule has 7 aromatic rings. The van der Waals surface area contributed by atoms with Crippen molar-refractivity contribution in [1.29, 1.82) is 0 Å². The first-order valence-corrected chi connectivity index (χ1v) is 22.6. The molecule has 328 valence electrons. The Morgan fingerprint density at radius 2 is 1.53 bits per heavy atom. The fraction of sp³-hybridized carbons (Fsp3) is 0.277. The van der Waals surface area contributed by atoms with E-state index >= 15 is 4.39 Å². The van der Waals surface area contributed by atoms with Crippen molar-refractivity contribution in [3.8, 4) is 33.5 Å². The molecule has 4 atom stereocenters. The Balaban J connectivity index is 0.922. The number of fused-ring (bicyclic) bond motifs is 2. The zero-order valence-electron chi connectivity index (χ0n) is 35.4. The maximum Gasteiger partial charge on any atom is 0.407 e. The normalized spacial score (nSPS) is 17.0. The van der Waals surface area contributed by atoms with Crippen molar-refractivity contribution < 1.29 is 33.0 Å². The van der Waals surface area contributed by atoms with Crippen molar-refractivity contribution in [3.05, 3.63) is 119 Å². The smallest absolute Gasteiger partial charge is 0.407 e. The number of carbonyl (C=O) groups is 4. The summed E-state index contributed by atoms with van der Waals surface area (Å²) in [6.07, 6.45) is 5.48. The first-order chi connectivity index (χ1) is 31.0. The summed E-state index contributed by atoms with van der Waals surface area (Å²) in [7, 11) is 2.53. The van der Waals surface area contributed by atoms with Gasteiger partial charge in [-0.3, -0.25) is 9.59 Å². The minimum Gasteiger partial charge on any atom is -0.453 e. The Bertz CT molecular complexity index is 2920. The van der Waals surface area contributed by atoms with E-state index in [4.69, 9.17) is 14.5 Å². The second-order valence-corrected chi connectivity index (χ2v) is 17.8. The van der Waals surface area contributed by atoms with Gasteiger partial charge in [-0.1, -0.05) is 68.5 Å². The Hall–Kier alpha value is -6.85. The molecule has 1 saturated heterocycles. The van der Waals surface area contributed by atoms with Gasteiger partial charge < -0.3 is 39.9 Å². The van der Waals surface area contributed by atoms with Crippen molar-refractivity contribution in [3.63, 3.8) is 0 Å². The van der Waals surface area contributed by atoms with Gasteiger partial charge >= 0.3 is 12.2 Å². The molecule has 2 aliphatic rings. The quantitative estimate of drug-likeness (QED) is 0.0930. The zero-order valence-corrected chi connectivity index (χ0v) is 37.0. The summed E-state index contributed by atoms with van der Waals surface area (Å²) in [5.74, 6) is 0.109. The molecular weight excluding hydrogens is 856 g/mol. The van der Waals surface area contributed by atoms with Crippen molar-refractivity contribution >= 4 is 67.1 Å². The number of methoxy groups -OCH3 is 2. The molecule has 0 spiro atoms. The van der Waals surface area contributed by atoms with Crippen LogP contribution in [0.15, 0.2) is 95.8 Å². The molecule has 64 heavy (non-hydrogen) atoms. The highest BCUT2D eigenvalue weighted by atomic mass is 32.1. The average molecular weight is 901 g/mol. The third-order valence-corrected chi connectivity index (χ3v) is 14.0. The van der Waals surface area contributed by atoms with Gasteiger partial charge in [0.25, 0.3) is 5.91 Å². The highest BCUT2D eigenvalue weighted by molar-refractivity contribution is 7.27. The zero-order chi connectivity index (χ0) is 44.6. The van der Waals surface area contributed by atoms with E-state index in [0.29, 0.717) is 41.6 Å². The van der Waals surface area contributed by atoms with Crippen LogP contribution < -0.4 is 10.6 Å². The summed E-state index contributed by atoms with van der Waals surface area (Å²) in [6.45, 7) is 4.65. The standard InChI is InChI=1S/C47H45FN8O6S2/c1-25(2)38(53-46(59)61-3)44(57)56-19-9-13-37(56)43-50-33-17-15-28(21-34(33)51-43)31-24-64-40-30(23-63-41(31)40)27-14-16-29(32(48)20-27)35-22-49-42(52-35)36-12-8-18-55(36)45(58)39(54-47(60)62-4)26-10-6-5-7-11-26/h5-8,10-12,14-17,20-25,36-39H,9,13,18-19H2,1-4H3,(H,49,52)(H,50,51)(H,53,59)(H,54,60)/t36?,37?,38-,39+/m0/s1. The predicted octanol–water partition coefficient (Wildman–Crippen LogP) is 9.28. The van der Waals surface area contributed by atoms with E-state index in [9.17, 15) is 19.2 Å². The number of H-pyrrole nitrogens is 2. The molecule has 2 unspecified atom stereocenters. The molecule has 0 radical (unpaired) electrons. The Kier molecular flexibility index (Phi) is 11.8. The summed E-state index contributed by atoms with van der Waals surface area (Å²) in [5, 5.41) is 9.53. The topological polar surface area (TPSA) is 175 Å². The van der Waals surface area contributed by atoms with Crippen LogP contribution in [0.5, 0.6) is 0 Å². The van der Waals surface area contributed by atoms with Crippen molar-refractivity contribution in [2.45, 2.75) is 50.9 Å². The van der Waals surface area contributed by atoms with Gasteiger partial charge in [0.15, 0.2) is 0 Å². The number of nitrogens with zero attached hydrogens (tertiary/aromatic N) is 4. The molecule has 3 aromatic carbocycles. The number of hydrogen-bond acceptors (Lipinski definition) is 10. The van der Waals surface area contributed by atoms with Gasteiger partial charge in [0, 0.05) is 40.5 Å². The molecule has 0 bridgehead atoms. The number of alkyl carbamates (subject to hydrolysis) is 2. The number of imidazole rings is 2. The van der Waals surface area contributed by atoms with E-state index in [1.807, 2.05) is 50.3 Å². The summed E-state index contributed by atoms with van der Waals surface area (Å²) in [4.78, 5) is 71.5. The van der Waals surface area contributed by atoms with Crippen molar-refractivity contribution in [2.24, 2.45) is 5.92 Å². The molecule has 17 heteroatoms. The molecule has 4 N–H and O–H groups in total. The van der Waals surface area contributed by atoms with Crippen LogP contribution in [0.25, 0.3) is 53.9 Å². The van der Waals surface area contributed by atoms with E-state index in [2.05, 4.69) is 42.4 Å². The Morgan fingerprint density at radius 3 is 2.23 bits per heavy atom. The lowest BCUT2D eigenvalue weighted by Crippen LogP contribution is -2.51. The van der Waals surface area contributed by atoms with Gasteiger partial charge in [-0.05, 0) is 59.7 Å². The Labute approximate surface area is 375 Å². The highest BCUT2D eigenvalue weighted by Crippen LogP contribution is 2.45. The van der Waals surface area contributed by atoms with Crippen LogP contribution in [-0.2, 0) is 19.1 Å². The molecule has 0 saturated carbocycles. The van der Waals surface area contributed by atoms with Gasteiger partial charge in [0.1, 0.15) is 35.6 Å². The number of benzene rings is 3. The number of carbonyl (C=O) groups excluding carboxylic acids is 4. The first kappa shape index (κ1) is 42.5.